The Labute approximate surface area is 87.3 Å². The van der Waals surface area contributed by atoms with Crippen molar-refractivity contribution < 1.29 is 19.1 Å². The van der Waals surface area contributed by atoms with Gasteiger partial charge in [-0.25, -0.2) is 0 Å². The first-order valence-electron chi connectivity index (χ1n) is 5.93. The Balaban J connectivity index is 2.84. The van der Waals surface area contributed by atoms with Crippen molar-refractivity contribution in [3.63, 3.8) is 0 Å². The Morgan fingerprint density at radius 3 is 3.45 bits per heavy atom. The first-order chi connectivity index (χ1) is 7.93. The molecule has 0 N–H and O–H groups in total. The van der Waals surface area contributed by atoms with Gasteiger partial charge in [-0.15, -0.1) is 0 Å². The van der Waals surface area contributed by atoms with Crippen LogP contribution in [0.3, 0.4) is 0 Å². The number of hydrogen-bond acceptors (Lipinski definition) is 4. The van der Waals surface area contributed by atoms with Gasteiger partial charge in [0.2, 0.25) is 0 Å². The van der Waals surface area contributed by atoms with Crippen molar-refractivity contribution >= 4 is 27.3 Å². The lowest BCUT2D eigenvalue weighted by atomic mass is 10.8. The maximum absolute atomic E-state index is 7.40. The molecular weight excluding hydrogens is 230 g/mol. The zero-order valence-electron chi connectivity index (χ0n) is 12.1. The Kier molecular flexibility index (Phi) is 1.41. The summed E-state index contributed by atoms with van der Waals surface area (Å²) in [4.78, 5) is 3.72. The average Bonchev–Trinajstić information content (AvgIpc) is 2.45. The van der Waals surface area contributed by atoms with E-state index in [-0.39, 0.29) is 5.19 Å². The molecule has 0 aliphatic heterocycles. The van der Waals surface area contributed by atoms with E-state index in [1.54, 1.807) is 0 Å². The standard InChI is InChI=1S/C6H8BrNO2S/c1-9-2-3-10-6-8-5(7)4-11-6/h4H,2-3H2,1H3/i1D3,2D2,3D2. The van der Waals surface area contributed by atoms with Crippen LogP contribution in [0.25, 0.3) is 0 Å². The van der Waals surface area contributed by atoms with Gasteiger partial charge in [-0.1, -0.05) is 11.3 Å². The zero-order valence-corrected chi connectivity index (χ0v) is 7.53. The van der Waals surface area contributed by atoms with E-state index in [0.29, 0.717) is 4.60 Å². The van der Waals surface area contributed by atoms with Crippen molar-refractivity contribution in [3.8, 4) is 5.19 Å². The fourth-order valence-electron chi connectivity index (χ4n) is 0.371. The second kappa shape index (κ2) is 4.69. The Bertz CT molecular complexity index is 420. The highest BCUT2D eigenvalue weighted by Crippen LogP contribution is 2.21. The summed E-state index contributed by atoms with van der Waals surface area (Å²) >= 11 is 3.95. The van der Waals surface area contributed by atoms with Crippen LogP contribution in [0.2, 0.25) is 0 Å². The predicted molar refractivity (Wildman–Crippen MR) is 47.2 cm³/mol. The van der Waals surface area contributed by atoms with E-state index >= 15 is 0 Å². The summed E-state index contributed by atoms with van der Waals surface area (Å²) < 4.78 is 58.9. The molecule has 1 rings (SSSR count). The molecule has 0 atom stereocenters. The van der Waals surface area contributed by atoms with Crippen LogP contribution in [0.1, 0.15) is 9.60 Å². The predicted octanol–water partition coefficient (Wildman–Crippen LogP) is 1.93. The SMILES string of the molecule is [2H]C([2H])([2H])OC([2H])([2H])C([2H])([2H])Oc1nc(Br)cs1. The van der Waals surface area contributed by atoms with Crippen LogP contribution in [0.5, 0.6) is 5.19 Å². The van der Waals surface area contributed by atoms with Gasteiger partial charge in [0.05, 0.1) is 16.2 Å². The van der Waals surface area contributed by atoms with E-state index in [1.807, 2.05) is 0 Å². The molecule has 3 nitrogen and oxygen atoms in total. The lowest BCUT2D eigenvalue weighted by Crippen LogP contribution is -2.03. The van der Waals surface area contributed by atoms with E-state index in [2.05, 4.69) is 25.7 Å². The molecule has 1 heterocycles. The van der Waals surface area contributed by atoms with Crippen molar-refractivity contribution in [2.24, 2.45) is 0 Å². The summed E-state index contributed by atoms with van der Waals surface area (Å²) in [5.41, 5.74) is 0. The number of halogens is 1. The molecule has 0 unspecified atom stereocenters. The molecule has 1 aromatic rings. The highest BCUT2D eigenvalue weighted by atomic mass is 79.9. The lowest BCUT2D eigenvalue weighted by molar-refractivity contribution is 0.146. The van der Waals surface area contributed by atoms with Crippen molar-refractivity contribution in [2.45, 2.75) is 0 Å². The molecule has 0 bridgehead atoms. The van der Waals surface area contributed by atoms with Crippen LogP contribution in [-0.4, -0.2) is 25.1 Å². The minimum absolute atomic E-state index is 0.148. The van der Waals surface area contributed by atoms with E-state index in [0.717, 1.165) is 11.3 Å². The minimum Gasteiger partial charge on any atom is -0.468 e. The fourth-order valence-corrected chi connectivity index (χ4v) is 1.42. The van der Waals surface area contributed by atoms with E-state index in [1.165, 1.54) is 5.38 Å². The smallest absolute Gasteiger partial charge is 0.274 e. The first-order valence-corrected chi connectivity index (χ1v) is 4.10. The third-order valence-corrected chi connectivity index (χ3v) is 2.11. The number of methoxy groups -OCH3 is 1. The van der Waals surface area contributed by atoms with E-state index in [4.69, 9.17) is 14.3 Å². The summed E-state index contributed by atoms with van der Waals surface area (Å²) in [5.74, 6) is 0. The van der Waals surface area contributed by atoms with Gasteiger partial charge < -0.3 is 9.47 Å². The number of hydrogen-bond donors (Lipinski definition) is 0. The van der Waals surface area contributed by atoms with Crippen LogP contribution in [-0.2, 0) is 4.74 Å². The molecule has 0 fully saturated rings. The quantitative estimate of drug-likeness (QED) is 0.812. The van der Waals surface area contributed by atoms with Crippen LogP contribution >= 0.6 is 27.3 Å². The summed E-state index contributed by atoms with van der Waals surface area (Å²) in [5, 5.41) is 1.36. The molecule has 5 heteroatoms. The van der Waals surface area contributed by atoms with Crippen LogP contribution < -0.4 is 4.74 Å². The molecule has 62 valence electrons. The van der Waals surface area contributed by atoms with Crippen LogP contribution in [0, 0.1) is 0 Å². The van der Waals surface area contributed by atoms with Gasteiger partial charge >= 0.3 is 0 Å². The number of rotatable bonds is 4. The molecule has 0 aliphatic rings. The normalized spacial score (nSPS) is 23.2. The van der Waals surface area contributed by atoms with Gasteiger partial charge in [0.25, 0.3) is 5.19 Å². The van der Waals surface area contributed by atoms with E-state index < -0.39 is 20.2 Å². The maximum atomic E-state index is 7.40. The molecule has 0 saturated carbocycles. The van der Waals surface area contributed by atoms with Crippen molar-refractivity contribution in [1.29, 1.82) is 0 Å². The highest BCUT2D eigenvalue weighted by Gasteiger charge is 1.98. The summed E-state index contributed by atoms with van der Waals surface area (Å²) in [6.07, 6.45) is 0. The van der Waals surface area contributed by atoms with Crippen LogP contribution in [0.15, 0.2) is 9.98 Å². The monoisotopic (exact) mass is 244 g/mol. The molecule has 0 amide bonds. The molecule has 11 heavy (non-hydrogen) atoms. The molecular formula is C6H8BrNO2S. The molecule has 1 aromatic heterocycles. The van der Waals surface area contributed by atoms with E-state index in [9.17, 15) is 0 Å². The van der Waals surface area contributed by atoms with Gasteiger partial charge in [0.15, 0.2) is 0 Å². The van der Waals surface area contributed by atoms with Crippen molar-refractivity contribution in [1.82, 2.24) is 4.98 Å². The first kappa shape index (κ1) is 3.32. The lowest BCUT2D eigenvalue weighted by Gasteiger charge is -1.98. The second-order valence-corrected chi connectivity index (χ2v) is 2.98. The molecule has 0 saturated heterocycles. The number of aromatic nitrogens is 1. The third kappa shape index (κ3) is 3.18. The van der Waals surface area contributed by atoms with Gasteiger partial charge in [0, 0.05) is 12.4 Å². The van der Waals surface area contributed by atoms with Crippen molar-refractivity contribution in [2.75, 3.05) is 20.2 Å². The summed E-state index contributed by atoms with van der Waals surface area (Å²) in [6, 6.07) is 0. The molecule has 0 aromatic carbocycles. The number of nitrogens with zero attached hydrogens (tertiary/aromatic N) is 1. The number of ether oxygens (including phenoxy) is 2. The zero-order chi connectivity index (χ0) is 14.2. The maximum Gasteiger partial charge on any atom is 0.274 e. The molecule has 0 aliphatic carbocycles. The van der Waals surface area contributed by atoms with Gasteiger partial charge in [-0.3, -0.25) is 0 Å². The third-order valence-electron chi connectivity index (χ3n) is 0.686. The van der Waals surface area contributed by atoms with Gasteiger partial charge in [-0.05, 0) is 15.9 Å². The van der Waals surface area contributed by atoms with Crippen LogP contribution in [0.4, 0.5) is 0 Å². The van der Waals surface area contributed by atoms with Gasteiger partial charge in [0.1, 0.15) is 11.2 Å². The topological polar surface area (TPSA) is 31.4 Å². The van der Waals surface area contributed by atoms with Crippen molar-refractivity contribution in [3.05, 3.63) is 9.98 Å². The summed E-state index contributed by atoms with van der Waals surface area (Å²) in [6.45, 7) is -6.16. The molecule has 0 spiro atoms. The summed E-state index contributed by atoms with van der Waals surface area (Å²) in [7, 11) is -3.08. The highest BCUT2D eigenvalue weighted by molar-refractivity contribution is 9.10. The number of thiazole rings is 1. The second-order valence-electron chi connectivity index (χ2n) is 1.34. The largest absolute Gasteiger partial charge is 0.468 e. The Morgan fingerprint density at radius 2 is 2.82 bits per heavy atom. The Morgan fingerprint density at radius 1 is 1.91 bits per heavy atom. The molecule has 0 radical (unpaired) electrons. The fraction of sp³-hybridized carbons (Fsp3) is 0.500. The minimum atomic E-state index is -3.16. The van der Waals surface area contributed by atoms with Gasteiger partial charge in [-0.2, -0.15) is 4.98 Å². The Hall–Kier alpha value is -0.130. The average molecular weight is 245 g/mol.